The van der Waals surface area contributed by atoms with Crippen LogP contribution >= 0.6 is 0 Å². The first kappa shape index (κ1) is 30.9. The summed E-state index contributed by atoms with van der Waals surface area (Å²) in [7, 11) is 0. The number of hydrogen-bond acceptors (Lipinski definition) is 5. The SMILES string of the molecule is c1ccc(-c2cc(-c3ccc(-c4ccc5ccccc5c4-c4nc(-c5ccccc5)nc(-c5ccccc5)n4)cc3)nc(-c3ccccc3)n2)cc1. The van der Waals surface area contributed by atoms with Crippen LogP contribution in [0.1, 0.15) is 0 Å². The van der Waals surface area contributed by atoms with Gasteiger partial charge < -0.3 is 0 Å². The van der Waals surface area contributed by atoms with Crippen LogP contribution in [-0.4, -0.2) is 24.9 Å². The molecule has 0 spiro atoms. The molecule has 2 heterocycles. The van der Waals surface area contributed by atoms with E-state index in [1.807, 2.05) is 109 Å². The molecular formula is C47H31N5. The Morgan fingerprint density at radius 1 is 0.269 bits per heavy atom. The van der Waals surface area contributed by atoms with Gasteiger partial charge in [-0.25, -0.2) is 24.9 Å². The Morgan fingerprint density at radius 2 is 0.673 bits per heavy atom. The maximum Gasteiger partial charge on any atom is 0.165 e. The maximum atomic E-state index is 5.14. The van der Waals surface area contributed by atoms with Gasteiger partial charge >= 0.3 is 0 Å². The highest BCUT2D eigenvalue weighted by molar-refractivity contribution is 6.03. The maximum absolute atomic E-state index is 5.14. The quantitative estimate of drug-likeness (QED) is 0.169. The second-order valence-corrected chi connectivity index (χ2v) is 12.5. The molecule has 244 valence electrons. The van der Waals surface area contributed by atoms with Gasteiger partial charge in [-0.3, -0.25) is 0 Å². The van der Waals surface area contributed by atoms with Crippen molar-refractivity contribution in [3.63, 3.8) is 0 Å². The number of rotatable bonds is 7. The summed E-state index contributed by atoms with van der Waals surface area (Å²) in [4.78, 5) is 25.2. The number of aromatic nitrogens is 5. The molecule has 0 aliphatic rings. The van der Waals surface area contributed by atoms with E-state index in [0.29, 0.717) is 23.3 Å². The minimum Gasteiger partial charge on any atom is -0.228 e. The standard InChI is InChI=1S/C47H31N5/c1-5-16-34(17-6-1)41-31-42(49-44(48-41)36-18-7-2-8-19-36)35-27-25-33(26-28-35)40-30-29-32-15-13-14-24-39(32)43(40)47-51-45(37-20-9-3-10-21-37)50-46(52-47)38-22-11-4-12-23-38/h1-31H. The molecule has 0 bridgehead atoms. The lowest BCUT2D eigenvalue weighted by atomic mass is 9.92. The van der Waals surface area contributed by atoms with E-state index in [4.69, 9.17) is 24.9 Å². The summed E-state index contributed by atoms with van der Waals surface area (Å²) in [6, 6.07) is 64.0. The molecule has 0 unspecified atom stereocenters. The Morgan fingerprint density at radius 3 is 1.21 bits per heavy atom. The van der Waals surface area contributed by atoms with Gasteiger partial charge in [-0.05, 0) is 28.0 Å². The van der Waals surface area contributed by atoms with Crippen molar-refractivity contribution in [2.24, 2.45) is 0 Å². The third-order valence-corrected chi connectivity index (χ3v) is 9.17. The van der Waals surface area contributed by atoms with Crippen molar-refractivity contribution in [3.8, 4) is 79.2 Å². The molecule has 0 N–H and O–H groups in total. The summed E-state index contributed by atoms with van der Waals surface area (Å²) < 4.78 is 0. The minimum atomic E-state index is 0.624. The van der Waals surface area contributed by atoms with Crippen molar-refractivity contribution in [2.45, 2.75) is 0 Å². The van der Waals surface area contributed by atoms with Crippen LogP contribution in [-0.2, 0) is 0 Å². The van der Waals surface area contributed by atoms with Crippen LogP contribution in [0.5, 0.6) is 0 Å². The molecule has 0 aliphatic heterocycles. The first-order chi connectivity index (χ1) is 25.8. The van der Waals surface area contributed by atoms with Crippen molar-refractivity contribution >= 4 is 10.8 Å². The van der Waals surface area contributed by atoms with Crippen molar-refractivity contribution in [1.29, 1.82) is 0 Å². The van der Waals surface area contributed by atoms with Crippen LogP contribution in [0.2, 0.25) is 0 Å². The van der Waals surface area contributed by atoms with E-state index in [1.165, 1.54) is 0 Å². The molecular weight excluding hydrogens is 635 g/mol. The summed E-state index contributed by atoms with van der Waals surface area (Å²) in [5.74, 6) is 2.58. The molecule has 0 fully saturated rings. The Labute approximate surface area is 302 Å². The average molecular weight is 666 g/mol. The fraction of sp³-hybridized carbons (Fsp3) is 0. The lowest BCUT2D eigenvalue weighted by molar-refractivity contribution is 1.08. The molecule has 2 aromatic heterocycles. The minimum absolute atomic E-state index is 0.624. The van der Waals surface area contributed by atoms with Gasteiger partial charge in [0.05, 0.1) is 11.4 Å². The summed E-state index contributed by atoms with van der Waals surface area (Å²) in [5, 5.41) is 2.19. The number of nitrogens with zero attached hydrogens (tertiary/aromatic N) is 5. The number of hydrogen-bond donors (Lipinski definition) is 0. The molecule has 52 heavy (non-hydrogen) atoms. The number of fused-ring (bicyclic) bond motifs is 1. The lowest BCUT2D eigenvalue weighted by Gasteiger charge is -2.15. The summed E-state index contributed by atoms with van der Waals surface area (Å²) in [6.45, 7) is 0. The smallest absolute Gasteiger partial charge is 0.165 e. The Bertz CT molecular complexity index is 2530. The van der Waals surface area contributed by atoms with Gasteiger partial charge in [0.1, 0.15) is 0 Å². The topological polar surface area (TPSA) is 64.5 Å². The lowest BCUT2D eigenvalue weighted by Crippen LogP contribution is -2.01. The zero-order valence-electron chi connectivity index (χ0n) is 28.1. The van der Waals surface area contributed by atoms with Crippen LogP contribution in [0.4, 0.5) is 0 Å². The Hall–Kier alpha value is -7.11. The van der Waals surface area contributed by atoms with E-state index < -0.39 is 0 Å². The average Bonchev–Trinajstić information content (AvgIpc) is 3.24. The molecule has 0 radical (unpaired) electrons. The van der Waals surface area contributed by atoms with Crippen LogP contribution in [0.15, 0.2) is 188 Å². The molecule has 0 saturated carbocycles. The summed E-state index contributed by atoms with van der Waals surface area (Å²) in [5.41, 5.74) is 9.67. The monoisotopic (exact) mass is 665 g/mol. The normalized spacial score (nSPS) is 11.1. The Balaban J connectivity index is 1.20. The van der Waals surface area contributed by atoms with Crippen LogP contribution in [0.25, 0.3) is 90.0 Å². The van der Waals surface area contributed by atoms with Crippen molar-refractivity contribution < 1.29 is 0 Å². The fourth-order valence-electron chi connectivity index (χ4n) is 6.56. The first-order valence-electron chi connectivity index (χ1n) is 17.3. The van der Waals surface area contributed by atoms with Crippen molar-refractivity contribution in [3.05, 3.63) is 188 Å². The molecule has 0 amide bonds. The molecule has 0 aliphatic carbocycles. The summed E-state index contributed by atoms with van der Waals surface area (Å²) >= 11 is 0. The van der Waals surface area contributed by atoms with Gasteiger partial charge in [-0.15, -0.1) is 0 Å². The fourth-order valence-corrected chi connectivity index (χ4v) is 6.56. The highest BCUT2D eigenvalue weighted by atomic mass is 15.0. The van der Waals surface area contributed by atoms with E-state index in [9.17, 15) is 0 Å². The largest absolute Gasteiger partial charge is 0.228 e. The zero-order valence-corrected chi connectivity index (χ0v) is 28.1. The van der Waals surface area contributed by atoms with Gasteiger partial charge in [0, 0.05) is 33.4 Å². The zero-order chi connectivity index (χ0) is 34.7. The third-order valence-electron chi connectivity index (χ3n) is 9.17. The second kappa shape index (κ2) is 13.7. The van der Waals surface area contributed by atoms with Crippen molar-refractivity contribution in [2.75, 3.05) is 0 Å². The number of benzene rings is 7. The van der Waals surface area contributed by atoms with Crippen molar-refractivity contribution in [1.82, 2.24) is 24.9 Å². The van der Waals surface area contributed by atoms with Gasteiger partial charge in [0.2, 0.25) is 0 Å². The van der Waals surface area contributed by atoms with Gasteiger partial charge in [0.15, 0.2) is 23.3 Å². The van der Waals surface area contributed by atoms with E-state index in [0.717, 1.165) is 66.7 Å². The Kier molecular flexibility index (Phi) is 8.12. The first-order valence-corrected chi connectivity index (χ1v) is 17.3. The predicted octanol–water partition coefficient (Wildman–Crippen LogP) is 11.5. The molecule has 5 nitrogen and oxygen atoms in total. The van der Waals surface area contributed by atoms with Crippen LogP contribution < -0.4 is 0 Å². The molecule has 7 aromatic carbocycles. The highest BCUT2D eigenvalue weighted by Crippen LogP contribution is 2.39. The molecule has 0 saturated heterocycles. The molecule has 9 rings (SSSR count). The van der Waals surface area contributed by atoms with E-state index in [1.54, 1.807) is 0 Å². The molecule has 5 heteroatoms. The second-order valence-electron chi connectivity index (χ2n) is 12.5. The molecule has 0 atom stereocenters. The van der Waals surface area contributed by atoms with E-state index in [-0.39, 0.29) is 0 Å². The van der Waals surface area contributed by atoms with Gasteiger partial charge in [-0.1, -0.05) is 182 Å². The van der Waals surface area contributed by atoms with E-state index in [2.05, 4.69) is 78.9 Å². The molecule has 9 aromatic rings. The van der Waals surface area contributed by atoms with Crippen LogP contribution in [0, 0.1) is 0 Å². The highest BCUT2D eigenvalue weighted by Gasteiger charge is 2.19. The van der Waals surface area contributed by atoms with E-state index >= 15 is 0 Å². The van der Waals surface area contributed by atoms with Gasteiger partial charge in [-0.2, -0.15) is 0 Å². The van der Waals surface area contributed by atoms with Crippen LogP contribution in [0.3, 0.4) is 0 Å². The summed E-state index contributed by atoms with van der Waals surface area (Å²) in [6.07, 6.45) is 0. The van der Waals surface area contributed by atoms with Gasteiger partial charge in [0.25, 0.3) is 0 Å². The predicted molar refractivity (Wildman–Crippen MR) is 211 cm³/mol. The third kappa shape index (κ3) is 6.12.